The lowest BCUT2D eigenvalue weighted by Crippen LogP contribution is -2.43. The van der Waals surface area contributed by atoms with E-state index in [1.54, 1.807) is 31.4 Å². The summed E-state index contributed by atoms with van der Waals surface area (Å²) in [6.45, 7) is 6.14. The molecule has 114 valence electrons. The fraction of sp³-hybridized carbons (Fsp3) is 0.643. The molecule has 0 radical (unpaired) electrons. The average molecular weight is 283 g/mol. The number of carbonyl (C=O) groups is 1. The Kier molecular flexibility index (Phi) is 6.54. The van der Waals surface area contributed by atoms with E-state index in [1.165, 1.54) is 0 Å². The zero-order chi connectivity index (χ0) is 15.1. The van der Waals surface area contributed by atoms with Crippen molar-refractivity contribution in [3.63, 3.8) is 0 Å². The number of nitrogens with zero attached hydrogens (tertiary/aromatic N) is 2. The lowest BCUT2D eigenvalue weighted by molar-refractivity contribution is 0.0470. The number of nitrogens with two attached hydrogens (primary N) is 1. The van der Waals surface area contributed by atoms with Crippen LogP contribution in [0.25, 0.3) is 0 Å². The van der Waals surface area contributed by atoms with Gasteiger partial charge in [-0.2, -0.15) is 0 Å². The first kappa shape index (κ1) is 16.5. The number of methoxy groups -OCH3 is 2. The number of carbonyl (C=O) groups excluding carboxylic acids is 1. The number of hydrogen-bond acceptors (Lipinski definition) is 4. The number of ether oxygens (including phenoxy) is 2. The van der Waals surface area contributed by atoms with E-state index in [0.29, 0.717) is 37.7 Å². The maximum Gasteiger partial charge on any atom is 0.270 e. The van der Waals surface area contributed by atoms with E-state index in [2.05, 4.69) is 0 Å². The maximum absolute atomic E-state index is 12.7. The number of anilines is 1. The molecule has 0 aliphatic heterocycles. The topological polar surface area (TPSA) is 69.7 Å². The SMILES string of the molecule is CCn1cc(N)cc1C(=O)N(CCOC)C(C)COC. The van der Waals surface area contributed by atoms with Gasteiger partial charge in [0, 0.05) is 33.5 Å². The van der Waals surface area contributed by atoms with Crippen molar-refractivity contribution in [1.82, 2.24) is 9.47 Å². The van der Waals surface area contributed by atoms with Gasteiger partial charge in [0.05, 0.1) is 24.9 Å². The molecule has 1 atom stereocenters. The largest absolute Gasteiger partial charge is 0.397 e. The van der Waals surface area contributed by atoms with Gasteiger partial charge in [-0.25, -0.2) is 0 Å². The molecule has 1 heterocycles. The highest BCUT2D eigenvalue weighted by Gasteiger charge is 2.23. The van der Waals surface area contributed by atoms with Crippen LogP contribution in [0.15, 0.2) is 12.3 Å². The molecular formula is C14H25N3O3. The van der Waals surface area contributed by atoms with Crippen molar-refractivity contribution in [3.05, 3.63) is 18.0 Å². The van der Waals surface area contributed by atoms with Crippen LogP contribution in [0.4, 0.5) is 5.69 Å². The molecule has 1 amide bonds. The molecule has 1 aromatic rings. The third-order valence-corrected chi connectivity index (χ3v) is 3.21. The van der Waals surface area contributed by atoms with Gasteiger partial charge in [-0.3, -0.25) is 4.79 Å². The van der Waals surface area contributed by atoms with Crippen molar-refractivity contribution in [2.45, 2.75) is 26.4 Å². The molecule has 0 aromatic carbocycles. The van der Waals surface area contributed by atoms with Crippen LogP contribution in [-0.4, -0.2) is 55.4 Å². The molecule has 0 saturated heterocycles. The van der Waals surface area contributed by atoms with Crippen molar-refractivity contribution in [1.29, 1.82) is 0 Å². The quantitative estimate of drug-likeness (QED) is 0.778. The Morgan fingerprint density at radius 1 is 1.45 bits per heavy atom. The summed E-state index contributed by atoms with van der Waals surface area (Å²) in [6, 6.07) is 1.69. The summed E-state index contributed by atoms with van der Waals surface area (Å²) in [4.78, 5) is 14.5. The molecule has 1 rings (SSSR count). The molecule has 6 nitrogen and oxygen atoms in total. The summed E-state index contributed by atoms with van der Waals surface area (Å²) in [7, 11) is 3.25. The van der Waals surface area contributed by atoms with Crippen LogP contribution in [0.1, 0.15) is 24.3 Å². The van der Waals surface area contributed by atoms with E-state index in [1.807, 2.05) is 18.4 Å². The van der Waals surface area contributed by atoms with E-state index in [9.17, 15) is 4.79 Å². The Labute approximate surface area is 120 Å². The van der Waals surface area contributed by atoms with Crippen LogP contribution in [0, 0.1) is 0 Å². The van der Waals surface area contributed by atoms with Crippen molar-refractivity contribution < 1.29 is 14.3 Å². The highest BCUT2D eigenvalue weighted by molar-refractivity contribution is 5.94. The predicted octanol–water partition coefficient (Wildman–Crippen LogP) is 1.21. The summed E-state index contributed by atoms with van der Waals surface area (Å²) in [5, 5.41) is 0. The van der Waals surface area contributed by atoms with Crippen molar-refractivity contribution in [3.8, 4) is 0 Å². The van der Waals surface area contributed by atoms with Crippen LogP contribution in [0.2, 0.25) is 0 Å². The minimum atomic E-state index is -0.0508. The Balaban J connectivity index is 2.96. The number of amides is 1. The molecule has 2 N–H and O–H groups in total. The average Bonchev–Trinajstić information content (AvgIpc) is 2.80. The molecule has 0 spiro atoms. The highest BCUT2D eigenvalue weighted by atomic mass is 16.5. The fourth-order valence-electron chi connectivity index (χ4n) is 2.16. The van der Waals surface area contributed by atoms with Crippen LogP contribution >= 0.6 is 0 Å². The Morgan fingerprint density at radius 3 is 2.70 bits per heavy atom. The Morgan fingerprint density at radius 2 is 2.15 bits per heavy atom. The van der Waals surface area contributed by atoms with E-state index >= 15 is 0 Å². The second-order valence-electron chi connectivity index (χ2n) is 4.74. The zero-order valence-electron chi connectivity index (χ0n) is 12.8. The Hall–Kier alpha value is -1.53. The van der Waals surface area contributed by atoms with Crippen LogP contribution in [0.3, 0.4) is 0 Å². The lowest BCUT2D eigenvalue weighted by atomic mass is 10.2. The smallest absolute Gasteiger partial charge is 0.270 e. The van der Waals surface area contributed by atoms with E-state index in [-0.39, 0.29) is 11.9 Å². The third-order valence-electron chi connectivity index (χ3n) is 3.21. The highest BCUT2D eigenvalue weighted by Crippen LogP contribution is 2.15. The summed E-state index contributed by atoms with van der Waals surface area (Å²) in [6.07, 6.45) is 1.78. The van der Waals surface area contributed by atoms with Gasteiger partial charge in [-0.05, 0) is 19.9 Å². The van der Waals surface area contributed by atoms with E-state index in [0.717, 1.165) is 0 Å². The molecule has 6 heteroatoms. The van der Waals surface area contributed by atoms with Gasteiger partial charge < -0.3 is 24.7 Å². The first-order valence-electron chi connectivity index (χ1n) is 6.79. The summed E-state index contributed by atoms with van der Waals surface area (Å²) < 4.78 is 12.1. The molecule has 0 saturated carbocycles. The van der Waals surface area contributed by atoms with Gasteiger partial charge in [-0.15, -0.1) is 0 Å². The molecule has 20 heavy (non-hydrogen) atoms. The minimum Gasteiger partial charge on any atom is -0.397 e. The normalized spacial score (nSPS) is 12.4. The van der Waals surface area contributed by atoms with Gasteiger partial charge in [-0.1, -0.05) is 0 Å². The summed E-state index contributed by atoms with van der Waals surface area (Å²) >= 11 is 0. The number of hydrogen-bond donors (Lipinski definition) is 1. The number of aryl methyl sites for hydroxylation is 1. The molecule has 1 unspecified atom stereocenters. The van der Waals surface area contributed by atoms with E-state index < -0.39 is 0 Å². The number of rotatable bonds is 8. The number of aromatic nitrogens is 1. The maximum atomic E-state index is 12.7. The van der Waals surface area contributed by atoms with Gasteiger partial charge in [0.25, 0.3) is 5.91 Å². The van der Waals surface area contributed by atoms with Crippen LogP contribution < -0.4 is 5.73 Å². The summed E-state index contributed by atoms with van der Waals surface area (Å²) in [5.74, 6) is -0.0508. The molecule has 0 fully saturated rings. The first-order valence-corrected chi connectivity index (χ1v) is 6.79. The summed E-state index contributed by atoms with van der Waals surface area (Å²) in [5.41, 5.74) is 6.99. The third kappa shape index (κ3) is 3.98. The number of nitrogen functional groups attached to an aromatic ring is 1. The standard InChI is InChI=1S/C14H25N3O3/c1-5-16-9-12(15)8-13(16)14(18)17(6-7-19-3)11(2)10-20-4/h8-9,11H,5-7,10,15H2,1-4H3. The molecule has 0 bridgehead atoms. The van der Waals surface area contributed by atoms with Gasteiger partial charge in [0.1, 0.15) is 5.69 Å². The monoisotopic (exact) mass is 283 g/mol. The molecule has 0 aliphatic carbocycles. The minimum absolute atomic E-state index is 0.0240. The van der Waals surface area contributed by atoms with Crippen LogP contribution in [-0.2, 0) is 16.0 Å². The second-order valence-corrected chi connectivity index (χ2v) is 4.74. The fourth-order valence-corrected chi connectivity index (χ4v) is 2.16. The second kappa shape index (κ2) is 7.91. The van der Waals surface area contributed by atoms with Crippen LogP contribution in [0.5, 0.6) is 0 Å². The van der Waals surface area contributed by atoms with Crippen molar-refractivity contribution in [2.24, 2.45) is 0 Å². The first-order chi connectivity index (χ1) is 9.54. The van der Waals surface area contributed by atoms with Gasteiger partial charge in [0.2, 0.25) is 0 Å². The molecule has 1 aromatic heterocycles. The molecule has 0 aliphatic rings. The lowest BCUT2D eigenvalue weighted by Gasteiger charge is -2.29. The van der Waals surface area contributed by atoms with E-state index in [4.69, 9.17) is 15.2 Å². The Bertz CT molecular complexity index is 431. The predicted molar refractivity (Wildman–Crippen MR) is 78.8 cm³/mol. The molecular weight excluding hydrogens is 258 g/mol. The van der Waals surface area contributed by atoms with Gasteiger partial charge >= 0.3 is 0 Å². The van der Waals surface area contributed by atoms with Crippen molar-refractivity contribution in [2.75, 3.05) is 39.7 Å². The van der Waals surface area contributed by atoms with Gasteiger partial charge in [0.15, 0.2) is 0 Å². The van der Waals surface area contributed by atoms with Crippen molar-refractivity contribution >= 4 is 11.6 Å². The zero-order valence-corrected chi connectivity index (χ0v) is 12.8.